The van der Waals surface area contributed by atoms with Crippen molar-refractivity contribution in [2.24, 2.45) is 0 Å². The molecule has 0 saturated carbocycles. The molecule has 1 N–H and O–H groups in total. The predicted octanol–water partition coefficient (Wildman–Crippen LogP) is 4.48. The number of rotatable bonds is 4. The van der Waals surface area contributed by atoms with Crippen molar-refractivity contribution in [2.45, 2.75) is 40.7 Å². The van der Waals surface area contributed by atoms with E-state index in [4.69, 9.17) is 4.74 Å². The molecule has 0 spiro atoms. The first kappa shape index (κ1) is 17.5. The molecule has 122 valence electrons. The lowest BCUT2D eigenvalue weighted by Crippen LogP contribution is -2.30. The normalized spacial score (nSPS) is 11.9. The molecular weight excluding hydrogens is 356 g/mol. The fourth-order valence-corrected chi connectivity index (χ4v) is 2.63. The Bertz CT molecular complexity index is 744. The predicted molar refractivity (Wildman–Crippen MR) is 96.0 cm³/mol. The highest BCUT2D eigenvalue weighted by molar-refractivity contribution is 9.10. The quantitative estimate of drug-likeness (QED) is 0.855. The summed E-state index contributed by atoms with van der Waals surface area (Å²) in [6.45, 7) is 9.64. The van der Waals surface area contributed by atoms with Gasteiger partial charge in [0.15, 0.2) is 6.10 Å². The highest BCUT2D eigenvalue weighted by Gasteiger charge is 2.18. The van der Waals surface area contributed by atoms with E-state index in [1.54, 1.807) is 13.0 Å². The second kappa shape index (κ2) is 7.13. The number of amides is 1. The molecular formula is C18H21BrN2O2. The fourth-order valence-electron chi connectivity index (χ4n) is 2.22. The monoisotopic (exact) mass is 376 g/mol. The topological polar surface area (TPSA) is 51.2 Å². The first-order valence-electron chi connectivity index (χ1n) is 7.47. The molecule has 1 atom stereocenters. The number of nitrogens with zero attached hydrogens (tertiary/aromatic N) is 1. The Balaban J connectivity index is 2.13. The zero-order chi connectivity index (χ0) is 17.1. The minimum absolute atomic E-state index is 0.222. The third-order valence-corrected chi connectivity index (χ3v) is 4.99. The Morgan fingerprint density at radius 1 is 1.22 bits per heavy atom. The summed E-state index contributed by atoms with van der Waals surface area (Å²) in [4.78, 5) is 16.6. The number of carbonyl (C=O) groups is 1. The smallest absolute Gasteiger partial charge is 0.266 e. The summed E-state index contributed by atoms with van der Waals surface area (Å²) in [6, 6.07) is 7.44. The number of nitrogens with one attached hydrogen (secondary N) is 1. The third-order valence-electron chi connectivity index (χ3n) is 3.77. The lowest BCUT2D eigenvalue weighted by atomic mass is 10.1. The summed E-state index contributed by atoms with van der Waals surface area (Å²) in [5.41, 5.74) is 4.08. The third kappa shape index (κ3) is 4.10. The van der Waals surface area contributed by atoms with E-state index in [0.29, 0.717) is 5.82 Å². The Labute approximate surface area is 145 Å². The zero-order valence-corrected chi connectivity index (χ0v) is 15.6. The van der Waals surface area contributed by atoms with E-state index in [-0.39, 0.29) is 5.91 Å². The number of pyridine rings is 1. The molecule has 2 rings (SSSR count). The van der Waals surface area contributed by atoms with E-state index in [1.807, 2.05) is 45.9 Å². The average Bonchev–Trinajstić information content (AvgIpc) is 2.50. The van der Waals surface area contributed by atoms with Gasteiger partial charge in [0.2, 0.25) is 0 Å². The second-order valence-electron chi connectivity index (χ2n) is 5.67. The minimum atomic E-state index is -0.615. The Morgan fingerprint density at radius 3 is 2.57 bits per heavy atom. The number of hydrogen-bond acceptors (Lipinski definition) is 3. The van der Waals surface area contributed by atoms with Crippen LogP contribution in [0.4, 0.5) is 5.82 Å². The molecule has 1 aromatic carbocycles. The van der Waals surface area contributed by atoms with Gasteiger partial charge in [-0.2, -0.15) is 0 Å². The van der Waals surface area contributed by atoms with Gasteiger partial charge < -0.3 is 10.1 Å². The van der Waals surface area contributed by atoms with E-state index in [0.717, 1.165) is 32.6 Å². The van der Waals surface area contributed by atoms with Gasteiger partial charge in [-0.3, -0.25) is 4.79 Å². The molecule has 1 heterocycles. The van der Waals surface area contributed by atoms with Crippen LogP contribution in [0.3, 0.4) is 0 Å². The van der Waals surface area contributed by atoms with Crippen LogP contribution in [0.15, 0.2) is 28.7 Å². The number of benzene rings is 1. The summed E-state index contributed by atoms with van der Waals surface area (Å²) in [5, 5.41) is 2.78. The number of hydrogen-bond donors (Lipinski definition) is 1. The number of carbonyl (C=O) groups excluding carboxylic acids is 1. The largest absolute Gasteiger partial charge is 0.481 e. The molecule has 0 saturated heterocycles. The number of aryl methyl sites for hydroxylation is 2. The zero-order valence-electron chi connectivity index (χ0n) is 14.0. The van der Waals surface area contributed by atoms with Crippen LogP contribution in [0.1, 0.15) is 29.3 Å². The van der Waals surface area contributed by atoms with Crippen LogP contribution >= 0.6 is 15.9 Å². The molecule has 1 aromatic heterocycles. The maximum Gasteiger partial charge on any atom is 0.266 e. The van der Waals surface area contributed by atoms with Crippen molar-refractivity contribution in [1.82, 2.24) is 4.98 Å². The molecule has 0 aliphatic rings. The Kier molecular flexibility index (Phi) is 5.42. The minimum Gasteiger partial charge on any atom is -0.481 e. The van der Waals surface area contributed by atoms with Crippen molar-refractivity contribution in [3.05, 3.63) is 51.1 Å². The summed E-state index contributed by atoms with van der Waals surface area (Å²) in [5.74, 6) is 1.04. The van der Waals surface area contributed by atoms with Gasteiger partial charge in [0.1, 0.15) is 11.6 Å². The maximum absolute atomic E-state index is 12.3. The molecule has 23 heavy (non-hydrogen) atoms. The first-order valence-corrected chi connectivity index (χ1v) is 8.26. The van der Waals surface area contributed by atoms with Crippen molar-refractivity contribution < 1.29 is 9.53 Å². The second-order valence-corrected chi connectivity index (χ2v) is 6.46. The van der Waals surface area contributed by atoms with Gasteiger partial charge in [-0.05, 0) is 69.5 Å². The number of anilines is 1. The van der Waals surface area contributed by atoms with Gasteiger partial charge in [-0.1, -0.05) is 22.0 Å². The summed E-state index contributed by atoms with van der Waals surface area (Å²) in [6.07, 6.45) is -0.615. The SMILES string of the molecule is Cc1cccc(NC(=O)[C@@H](C)Oc2cc(C)c(Br)c(C)c2C)n1. The van der Waals surface area contributed by atoms with Crippen LogP contribution < -0.4 is 10.1 Å². The van der Waals surface area contributed by atoms with E-state index >= 15 is 0 Å². The number of halogens is 1. The van der Waals surface area contributed by atoms with Crippen molar-refractivity contribution >= 4 is 27.7 Å². The van der Waals surface area contributed by atoms with Crippen LogP contribution in [0.5, 0.6) is 5.75 Å². The van der Waals surface area contributed by atoms with Crippen molar-refractivity contribution in [3.8, 4) is 5.75 Å². The Hall–Kier alpha value is -1.88. The molecule has 0 aliphatic heterocycles. The Morgan fingerprint density at radius 2 is 1.91 bits per heavy atom. The van der Waals surface area contributed by atoms with Crippen LogP contribution in [0.25, 0.3) is 0 Å². The average molecular weight is 377 g/mol. The maximum atomic E-state index is 12.3. The molecule has 0 radical (unpaired) electrons. The highest BCUT2D eigenvalue weighted by atomic mass is 79.9. The lowest BCUT2D eigenvalue weighted by molar-refractivity contribution is -0.122. The van der Waals surface area contributed by atoms with Gasteiger partial charge in [0.25, 0.3) is 5.91 Å². The van der Waals surface area contributed by atoms with E-state index in [2.05, 4.69) is 26.2 Å². The molecule has 0 fully saturated rings. The van der Waals surface area contributed by atoms with Crippen LogP contribution in [0, 0.1) is 27.7 Å². The van der Waals surface area contributed by atoms with E-state index in [9.17, 15) is 4.79 Å². The summed E-state index contributed by atoms with van der Waals surface area (Å²) in [7, 11) is 0. The molecule has 2 aromatic rings. The van der Waals surface area contributed by atoms with Crippen molar-refractivity contribution in [3.63, 3.8) is 0 Å². The van der Waals surface area contributed by atoms with Gasteiger partial charge >= 0.3 is 0 Å². The van der Waals surface area contributed by atoms with Gasteiger partial charge in [0.05, 0.1) is 0 Å². The van der Waals surface area contributed by atoms with Crippen LogP contribution in [-0.2, 0) is 4.79 Å². The van der Waals surface area contributed by atoms with Gasteiger partial charge in [-0.15, -0.1) is 0 Å². The highest BCUT2D eigenvalue weighted by Crippen LogP contribution is 2.31. The molecule has 0 bridgehead atoms. The van der Waals surface area contributed by atoms with Crippen molar-refractivity contribution in [2.75, 3.05) is 5.32 Å². The summed E-state index contributed by atoms with van der Waals surface area (Å²) >= 11 is 3.57. The summed E-state index contributed by atoms with van der Waals surface area (Å²) < 4.78 is 6.94. The van der Waals surface area contributed by atoms with Gasteiger partial charge in [0, 0.05) is 10.2 Å². The van der Waals surface area contributed by atoms with Crippen molar-refractivity contribution in [1.29, 1.82) is 0 Å². The molecule has 0 aliphatic carbocycles. The molecule has 4 nitrogen and oxygen atoms in total. The molecule has 0 unspecified atom stereocenters. The fraction of sp³-hybridized carbons (Fsp3) is 0.333. The molecule has 1 amide bonds. The standard InChI is InChI=1S/C18H21BrN2O2/c1-10-9-15(12(3)13(4)17(10)19)23-14(5)18(22)21-16-8-6-7-11(2)20-16/h6-9,14H,1-5H3,(H,20,21,22)/t14-/m1/s1. The van der Waals surface area contributed by atoms with E-state index < -0.39 is 6.10 Å². The lowest BCUT2D eigenvalue weighted by Gasteiger charge is -2.18. The van der Waals surface area contributed by atoms with Crippen LogP contribution in [-0.4, -0.2) is 17.0 Å². The van der Waals surface area contributed by atoms with Gasteiger partial charge in [-0.25, -0.2) is 4.98 Å². The number of ether oxygens (including phenoxy) is 1. The first-order chi connectivity index (χ1) is 10.8. The number of aromatic nitrogens is 1. The van der Waals surface area contributed by atoms with E-state index in [1.165, 1.54) is 0 Å². The van der Waals surface area contributed by atoms with Crippen LogP contribution in [0.2, 0.25) is 0 Å². The molecule has 5 heteroatoms.